The van der Waals surface area contributed by atoms with E-state index in [4.69, 9.17) is 30.7 Å². The van der Waals surface area contributed by atoms with E-state index >= 15 is 0 Å². The summed E-state index contributed by atoms with van der Waals surface area (Å²) >= 11 is 0. The third-order valence-corrected chi connectivity index (χ3v) is 11.5. The normalized spacial score (nSPS) is 11.2. The average Bonchev–Trinajstić information content (AvgIpc) is 3.36. The zero-order valence-electron chi connectivity index (χ0n) is 34.1. The summed E-state index contributed by atoms with van der Waals surface area (Å²) in [6, 6.07) is 74.7. The van der Waals surface area contributed by atoms with E-state index < -0.39 is 0 Å². The lowest BCUT2D eigenvalue weighted by Crippen LogP contribution is -2.01. The maximum atomic E-state index is 6.41. The van der Waals surface area contributed by atoms with Crippen molar-refractivity contribution in [2.24, 2.45) is 0 Å². The first kappa shape index (κ1) is 37.4. The van der Waals surface area contributed by atoms with Gasteiger partial charge in [0.15, 0.2) is 23.3 Å². The van der Waals surface area contributed by atoms with Crippen LogP contribution in [0.3, 0.4) is 0 Å². The average molecular weight is 807 g/mol. The van der Waals surface area contributed by atoms with Gasteiger partial charge in [-0.2, -0.15) is 0 Å². The van der Waals surface area contributed by atoms with Crippen LogP contribution in [0.25, 0.3) is 112 Å². The van der Waals surface area contributed by atoms with Gasteiger partial charge < -0.3 is 5.73 Å². The molecule has 0 bridgehead atoms. The van der Waals surface area contributed by atoms with Crippen LogP contribution in [0.1, 0.15) is 0 Å². The molecule has 0 spiro atoms. The van der Waals surface area contributed by atoms with Crippen molar-refractivity contribution in [1.29, 1.82) is 0 Å². The molecule has 11 rings (SSSR count). The highest BCUT2D eigenvalue weighted by Crippen LogP contribution is 2.40. The van der Waals surface area contributed by atoms with E-state index in [2.05, 4.69) is 133 Å². The van der Waals surface area contributed by atoms with Gasteiger partial charge in [0.1, 0.15) is 0 Å². The molecule has 0 aliphatic rings. The molecule has 2 N–H and O–H groups in total. The van der Waals surface area contributed by atoms with Crippen molar-refractivity contribution < 1.29 is 0 Å². The van der Waals surface area contributed by atoms with Gasteiger partial charge in [-0.3, -0.25) is 0 Å². The van der Waals surface area contributed by atoms with Crippen LogP contribution in [0.4, 0.5) is 5.69 Å². The van der Waals surface area contributed by atoms with Gasteiger partial charge in [0.2, 0.25) is 0 Å². The molecule has 2 heterocycles. The predicted molar refractivity (Wildman–Crippen MR) is 258 cm³/mol. The Labute approximate surface area is 365 Å². The largest absolute Gasteiger partial charge is 0.398 e. The van der Waals surface area contributed by atoms with E-state index in [9.17, 15) is 0 Å². The van der Waals surface area contributed by atoms with Gasteiger partial charge in [0.05, 0.1) is 11.2 Å². The van der Waals surface area contributed by atoms with Crippen molar-refractivity contribution in [1.82, 2.24) is 24.9 Å². The number of rotatable bonds is 8. The SMILES string of the molecule is Nc1ccc(-c2cccc(-c3nc(-c4ccccc4)nc(-c4ccccc4-c4ccccc4-c4cccc(-c5nc(-c6ccccc6)nc6ccccc56)c4)n3)c2)c2ccccc12. The molecule has 0 radical (unpaired) electrons. The molecule has 0 saturated carbocycles. The molecule has 296 valence electrons. The topological polar surface area (TPSA) is 90.5 Å². The second kappa shape index (κ2) is 16.1. The third kappa shape index (κ3) is 7.15. The lowest BCUT2D eigenvalue weighted by atomic mass is 9.90. The molecule has 0 atom stereocenters. The summed E-state index contributed by atoms with van der Waals surface area (Å²) in [5.41, 5.74) is 20.0. The van der Waals surface area contributed by atoms with Gasteiger partial charge in [-0.1, -0.05) is 194 Å². The molecule has 0 fully saturated rings. The third-order valence-electron chi connectivity index (χ3n) is 11.5. The Morgan fingerprint density at radius 3 is 1.43 bits per heavy atom. The molecule has 63 heavy (non-hydrogen) atoms. The van der Waals surface area contributed by atoms with Crippen LogP contribution >= 0.6 is 0 Å². The van der Waals surface area contributed by atoms with E-state index in [0.29, 0.717) is 23.3 Å². The first-order chi connectivity index (χ1) is 31.1. The number of anilines is 1. The van der Waals surface area contributed by atoms with E-state index in [1.807, 2.05) is 84.9 Å². The number of fused-ring (bicyclic) bond motifs is 2. The minimum atomic E-state index is 0.585. The lowest BCUT2D eigenvalue weighted by Gasteiger charge is -2.16. The van der Waals surface area contributed by atoms with Crippen LogP contribution in [0, 0.1) is 0 Å². The van der Waals surface area contributed by atoms with Crippen LogP contribution in [0.15, 0.2) is 218 Å². The van der Waals surface area contributed by atoms with Crippen LogP contribution in [0.2, 0.25) is 0 Å². The minimum absolute atomic E-state index is 0.585. The number of nitrogens with two attached hydrogens (primary N) is 1. The molecule has 0 amide bonds. The Kier molecular flexibility index (Phi) is 9.56. The van der Waals surface area contributed by atoms with Gasteiger partial charge in [-0.05, 0) is 63.0 Å². The first-order valence-corrected chi connectivity index (χ1v) is 21.0. The Morgan fingerprint density at radius 1 is 0.254 bits per heavy atom. The van der Waals surface area contributed by atoms with Crippen LogP contribution in [-0.2, 0) is 0 Å². The van der Waals surface area contributed by atoms with Gasteiger partial charge in [-0.25, -0.2) is 24.9 Å². The molecule has 0 saturated heterocycles. The zero-order valence-corrected chi connectivity index (χ0v) is 34.1. The zero-order chi connectivity index (χ0) is 42.1. The number of nitrogen functional groups attached to an aromatic ring is 1. The van der Waals surface area contributed by atoms with Crippen molar-refractivity contribution >= 4 is 27.4 Å². The van der Waals surface area contributed by atoms with Crippen molar-refractivity contribution in [3.63, 3.8) is 0 Å². The summed E-state index contributed by atoms with van der Waals surface area (Å²) in [6.45, 7) is 0. The summed E-state index contributed by atoms with van der Waals surface area (Å²) < 4.78 is 0. The van der Waals surface area contributed by atoms with Crippen molar-refractivity contribution in [3.05, 3.63) is 218 Å². The summed E-state index contributed by atoms with van der Waals surface area (Å²) in [7, 11) is 0. The smallest absolute Gasteiger partial charge is 0.164 e. The van der Waals surface area contributed by atoms with Crippen molar-refractivity contribution in [2.45, 2.75) is 0 Å². The molecule has 11 aromatic rings. The molecule has 6 nitrogen and oxygen atoms in total. The highest BCUT2D eigenvalue weighted by molar-refractivity contribution is 6.03. The lowest BCUT2D eigenvalue weighted by molar-refractivity contribution is 1.07. The molecule has 0 aliphatic heterocycles. The molecule has 2 aromatic heterocycles. The molecule has 0 aliphatic carbocycles. The van der Waals surface area contributed by atoms with Crippen molar-refractivity contribution in [2.75, 3.05) is 5.73 Å². The van der Waals surface area contributed by atoms with Gasteiger partial charge in [0.25, 0.3) is 0 Å². The molecule has 0 unspecified atom stereocenters. The number of para-hydroxylation sites is 1. The molecule has 9 aromatic carbocycles. The summed E-state index contributed by atoms with van der Waals surface area (Å²) in [5.74, 6) is 2.47. The Balaban J connectivity index is 1.04. The fraction of sp³-hybridized carbons (Fsp3) is 0. The number of aromatic nitrogens is 5. The van der Waals surface area contributed by atoms with E-state index in [0.717, 1.165) is 94.3 Å². The van der Waals surface area contributed by atoms with Crippen molar-refractivity contribution in [3.8, 4) is 90.2 Å². The summed E-state index contributed by atoms with van der Waals surface area (Å²) in [5, 5.41) is 3.12. The summed E-state index contributed by atoms with van der Waals surface area (Å²) in [6.07, 6.45) is 0. The molecule has 6 heteroatoms. The Hall–Kier alpha value is -8.61. The highest BCUT2D eigenvalue weighted by atomic mass is 15.0. The predicted octanol–water partition coefficient (Wildman–Crippen LogP) is 13.9. The number of nitrogens with zero attached hydrogens (tertiary/aromatic N) is 5. The minimum Gasteiger partial charge on any atom is -0.398 e. The quantitative estimate of drug-likeness (QED) is 0.154. The van der Waals surface area contributed by atoms with Gasteiger partial charge in [0, 0.05) is 44.3 Å². The van der Waals surface area contributed by atoms with Crippen LogP contribution in [0.5, 0.6) is 0 Å². The second-order valence-electron chi connectivity index (χ2n) is 15.5. The number of benzene rings is 9. The molecular formula is C57H38N6. The van der Waals surface area contributed by atoms with Gasteiger partial charge in [-0.15, -0.1) is 0 Å². The van der Waals surface area contributed by atoms with E-state index in [1.165, 1.54) is 0 Å². The maximum absolute atomic E-state index is 6.41. The fourth-order valence-electron chi connectivity index (χ4n) is 8.47. The Bertz CT molecular complexity index is 3480. The number of hydrogen-bond donors (Lipinski definition) is 1. The van der Waals surface area contributed by atoms with Crippen LogP contribution < -0.4 is 5.73 Å². The maximum Gasteiger partial charge on any atom is 0.164 e. The molecular weight excluding hydrogens is 769 g/mol. The van der Waals surface area contributed by atoms with E-state index in [-0.39, 0.29) is 0 Å². The standard InChI is InChI=1S/C57H38N6/c58-51-34-33-44(46-27-9-11-29-48(46)51)40-22-16-24-42(36-40)56-61-55(38-19-5-2-6-20-38)62-57(63-56)49-30-12-10-28-47(49)45-26-8-7-25-43(45)39-21-15-23-41(35-39)53-50-31-13-14-32-52(50)59-54(60-53)37-17-3-1-4-18-37/h1-36H,58H2. The summed E-state index contributed by atoms with van der Waals surface area (Å²) in [4.78, 5) is 25.7. The first-order valence-electron chi connectivity index (χ1n) is 21.0. The van der Waals surface area contributed by atoms with E-state index in [1.54, 1.807) is 0 Å². The van der Waals surface area contributed by atoms with Gasteiger partial charge >= 0.3 is 0 Å². The monoisotopic (exact) mass is 806 g/mol. The van der Waals surface area contributed by atoms with Crippen LogP contribution in [-0.4, -0.2) is 24.9 Å². The Morgan fingerprint density at radius 2 is 0.714 bits per heavy atom. The highest BCUT2D eigenvalue weighted by Gasteiger charge is 2.19. The number of hydrogen-bond acceptors (Lipinski definition) is 6. The fourth-order valence-corrected chi connectivity index (χ4v) is 8.47. The second-order valence-corrected chi connectivity index (χ2v) is 15.5.